The molecule has 6 heteroatoms. The molecule has 0 aliphatic rings. The molecule has 104 valence electrons. The van der Waals surface area contributed by atoms with Crippen molar-refractivity contribution in [2.24, 2.45) is 0 Å². The van der Waals surface area contributed by atoms with Crippen molar-refractivity contribution < 1.29 is 0 Å². The third-order valence-electron chi connectivity index (χ3n) is 2.88. The number of hydrogen-bond acceptors (Lipinski definition) is 4. The largest absolute Gasteiger partial charge is 0.304 e. The average Bonchev–Trinajstić information content (AvgIpc) is 2.95. The third-order valence-corrected chi connectivity index (χ3v) is 4.29. The summed E-state index contributed by atoms with van der Waals surface area (Å²) in [6, 6.07) is 0.0957. The van der Waals surface area contributed by atoms with Gasteiger partial charge in [0.05, 0.1) is 33.1 Å². The number of hydrogen-bond donors (Lipinski definition) is 1. The molecule has 0 saturated carbocycles. The molecule has 2 rings (SSSR count). The lowest BCUT2D eigenvalue weighted by molar-refractivity contribution is 0.514. The van der Waals surface area contributed by atoms with E-state index in [-0.39, 0.29) is 6.04 Å². The number of rotatable bonds is 6. The van der Waals surface area contributed by atoms with Gasteiger partial charge >= 0.3 is 0 Å². The van der Waals surface area contributed by atoms with Gasteiger partial charge < -0.3 is 5.32 Å². The maximum absolute atomic E-state index is 4.62. The molecule has 2 aromatic rings. The molecule has 1 atom stereocenters. The molecule has 0 saturated heterocycles. The lowest BCUT2D eigenvalue weighted by Gasteiger charge is -2.18. The molecule has 4 nitrogen and oxygen atoms in total. The van der Waals surface area contributed by atoms with Crippen molar-refractivity contribution in [1.82, 2.24) is 20.1 Å². The van der Waals surface area contributed by atoms with Crippen LogP contribution in [0.2, 0.25) is 0 Å². The van der Waals surface area contributed by atoms with Gasteiger partial charge in [0.25, 0.3) is 0 Å². The summed E-state index contributed by atoms with van der Waals surface area (Å²) in [7, 11) is 0. The predicted octanol–water partition coefficient (Wildman–Crippen LogP) is 3.52. The molecule has 2 aromatic heterocycles. The Labute approximate surface area is 126 Å². The Bertz CT molecular complexity index is 534. The normalized spacial score (nSPS) is 12.8. The van der Waals surface area contributed by atoms with E-state index < -0.39 is 0 Å². The summed E-state index contributed by atoms with van der Waals surface area (Å²) in [4.78, 5) is 4.62. The van der Waals surface area contributed by atoms with Crippen LogP contribution in [0.3, 0.4) is 0 Å². The van der Waals surface area contributed by atoms with Crippen molar-refractivity contribution in [3.05, 3.63) is 32.4 Å². The van der Waals surface area contributed by atoms with Crippen LogP contribution in [0.15, 0.2) is 16.0 Å². The smallest absolute Gasteiger partial charge is 0.0942 e. The molecule has 1 N–H and O–H groups in total. The van der Waals surface area contributed by atoms with E-state index in [0.717, 1.165) is 40.4 Å². The van der Waals surface area contributed by atoms with Crippen LogP contribution in [0.5, 0.6) is 0 Å². The van der Waals surface area contributed by atoms with Gasteiger partial charge in [-0.25, -0.2) is 4.98 Å². The quantitative estimate of drug-likeness (QED) is 0.873. The first kappa shape index (κ1) is 14.7. The minimum Gasteiger partial charge on any atom is -0.304 e. The molecule has 1 unspecified atom stereocenters. The molecule has 0 bridgehead atoms. The minimum absolute atomic E-state index is 0.0957. The first-order chi connectivity index (χ1) is 9.17. The van der Waals surface area contributed by atoms with Gasteiger partial charge in [-0.1, -0.05) is 13.8 Å². The molecule has 0 aromatic carbocycles. The van der Waals surface area contributed by atoms with E-state index in [4.69, 9.17) is 0 Å². The molecule has 0 amide bonds. The van der Waals surface area contributed by atoms with Gasteiger partial charge in [-0.05, 0) is 35.8 Å². The standard InChI is InChI=1S/C13H19BrN4S/c1-4-6-18-13(10(14)7-16-18)12(15-5-2)11-8-19-9(3)17-11/h7-8,12,15H,4-6H2,1-3H3. The number of nitrogens with zero attached hydrogens (tertiary/aromatic N) is 3. The van der Waals surface area contributed by atoms with Crippen LogP contribution >= 0.6 is 27.3 Å². The summed E-state index contributed by atoms with van der Waals surface area (Å²) < 4.78 is 3.10. The van der Waals surface area contributed by atoms with E-state index >= 15 is 0 Å². The van der Waals surface area contributed by atoms with Crippen molar-refractivity contribution in [2.45, 2.75) is 39.8 Å². The molecule has 0 aliphatic carbocycles. The topological polar surface area (TPSA) is 42.7 Å². The molecular weight excluding hydrogens is 324 g/mol. The van der Waals surface area contributed by atoms with Crippen molar-refractivity contribution in [3.63, 3.8) is 0 Å². The zero-order valence-electron chi connectivity index (χ0n) is 11.5. The first-order valence-corrected chi connectivity index (χ1v) is 8.21. The van der Waals surface area contributed by atoms with Crippen LogP contribution in [0, 0.1) is 6.92 Å². The van der Waals surface area contributed by atoms with E-state index in [0.29, 0.717) is 0 Å². The fraction of sp³-hybridized carbons (Fsp3) is 0.538. The lowest BCUT2D eigenvalue weighted by Crippen LogP contribution is -2.25. The average molecular weight is 343 g/mol. The lowest BCUT2D eigenvalue weighted by atomic mass is 10.1. The van der Waals surface area contributed by atoms with Crippen LogP contribution in [0.1, 0.15) is 42.7 Å². The van der Waals surface area contributed by atoms with E-state index in [9.17, 15) is 0 Å². The van der Waals surface area contributed by atoms with Gasteiger partial charge in [0, 0.05) is 11.9 Å². The van der Waals surface area contributed by atoms with Gasteiger partial charge in [-0.2, -0.15) is 5.10 Å². The van der Waals surface area contributed by atoms with E-state index in [1.807, 2.05) is 13.1 Å². The van der Waals surface area contributed by atoms with Gasteiger partial charge in [0.2, 0.25) is 0 Å². The zero-order chi connectivity index (χ0) is 13.8. The summed E-state index contributed by atoms with van der Waals surface area (Å²) >= 11 is 5.30. The number of thiazole rings is 1. The van der Waals surface area contributed by atoms with Crippen LogP contribution in [0.4, 0.5) is 0 Å². The summed E-state index contributed by atoms with van der Waals surface area (Å²) in [6.45, 7) is 8.13. The second-order valence-electron chi connectivity index (χ2n) is 4.38. The van der Waals surface area contributed by atoms with Crippen LogP contribution < -0.4 is 5.32 Å². The Kier molecular flexibility index (Phi) is 5.13. The van der Waals surface area contributed by atoms with Gasteiger partial charge in [-0.15, -0.1) is 11.3 Å². The van der Waals surface area contributed by atoms with E-state index in [2.05, 4.69) is 55.2 Å². The Morgan fingerprint density at radius 1 is 1.47 bits per heavy atom. The Morgan fingerprint density at radius 3 is 2.84 bits per heavy atom. The first-order valence-electron chi connectivity index (χ1n) is 6.54. The highest BCUT2D eigenvalue weighted by molar-refractivity contribution is 9.10. The molecule has 2 heterocycles. The molecule has 0 spiro atoms. The summed E-state index contributed by atoms with van der Waals surface area (Å²) in [5.41, 5.74) is 2.23. The van der Waals surface area contributed by atoms with Crippen LogP contribution in [-0.2, 0) is 6.54 Å². The van der Waals surface area contributed by atoms with Crippen LogP contribution in [-0.4, -0.2) is 21.3 Å². The monoisotopic (exact) mass is 342 g/mol. The van der Waals surface area contributed by atoms with Crippen molar-refractivity contribution in [3.8, 4) is 0 Å². The van der Waals surface area contributed by atoms with E-state index in [1.54, 1.807) is 11.3 Å². The SMILES string of the molecule is CCCn1ncc(Br)c1C(NCC)c1csc(C)n1. The number of aryl methyl sites for hydroxylation is 2. The second-order valence-corrected chi connectivity index (χ2v) is 6.30. The summed E-state index contributed by atoms with van der Waals surface area (Å²) in [6.07, 6.45) is 2.94. The molecule has 0 fully saturated rings. The number of halogens is 1. The van der Waals surface area contributed by atoms with Gasteiger partial charge in [0.1, 0.15) is 0 Å². The Hall–Kier alpha value is -0.720. The zero-order valence-corrected chi connectivity index (χ0v) is 13.9. The van der Waals surface area contributed by atoms with Gasteiger partial charge in [0.15, 0.2) is 0 Å². The number of nitrogens with one attached hydrogen (secondary N) is 1. The van der Waals surface area contributed by atoms with Crippen LogP contribution in [0.25, 0.3) is 0 Å². The fourth-order valence-electron chi connectivity index (χ4n) is 2.11. The maximum Gasteiger partial charge on any atom is 0.0942 e. The molecule has 0 radical (unpaired) electrons. The van der Waals surface area contributed by atoms with Crippen molar-refractivity contribution in [2.75, 3.05) is 6.54 Å². The fourth-order valence-corrected chi connectivity index (χ4v) is 3.27. The predicted molar refractivity (Wildman–Crippen MR) is 82.6 cm³/mol. The highest BCUT2D eigenvalue weighted by atomic mass is 79.9. The third kappa shape index (κ3) is 3.24. The van der Waals surface area contributed by atoms with Gasteiger partial charge in [-0.3, -0.25) is 4.68 Å². The summed E-state index contributed by atoms with van der Waals surface area (Å²) in [5.74, 6) is 0. The highest BCUT2D eigenvalue weighted by Gasteiger charge is 2.22. The number of aromatic nitrogens is 3. The molecular formula is C13H19BrN4S. The Balaban J connectivity index is 2.41. The second kappa shape index (κ2) is 6.63. The highest BCUT2D eigenvalue weighted by Crippen LogP contribution is 2.29. The molecule has 0 aliphatic heterocycles. The maximum atomic E-state index is 4.62. The van der Waals surface area contributed by atoms with E-state index in [1.165, 1.54) is 0 Å². The van der Waals surface area contributed by atoms with Crippen molar-refractivity contribution >= 4 is 27.3 Å². The minimum atomic E-state index is 0.0957. The summed E-state index contributed by atoms with van der Waals surface area (Å²) in [5, 5.41) is 11.2. The van der Waals surface area contributed by atoms with Crippen molar-refractivity contribution in [1.29, 1.82) is 0 Å². The Morgan fingerprint density at radius 2 is 2.26 bits per heavy atom. The molecule has 19 heavy (non-hydrogen) atoms.